The largest absolute Gasteiger partial charge is 0.363 e. The molecule has 1 aromatic rings. The third kappa shape index (κ3) is 5.21. The highest BCUT2D eigenvalue weighted by Gasteiger charge is 2.03. The van der Waals surface area contributed by atoms with Gasteiger partial charge in [0.25, 0.3) is 0 Å². The van der Waals surface area contributed by atoms with Gasteiger partial charge in [0.1, 0.15) is 0 Å². The van der Waals surface area contributed by atoms with Crippen molar-refractivity contribution in [3.63, 3.8) is 0 Å². The maximum atomic E-state index is 5.81. The second-order valence-corrected chi connectivity index (χ2v) is 4.62. The van der Waals surface area contributed by atoms with Gasteiger partial charge in [-0.25, -0.2) is 0 Å². The van der Waals surface area contributed by atoms with Crippen LogP contribution in [-0.4, -0.2) is 23.6 Å². The number of aromatic nitrogens is 1. The van der Waals surface area contributed by atoms with Crippen LogP contribution in [0.3, 0.4) is 0 Å². The Balaban J connectivity index is 2.19. The molecular weight excluding hydrogens is 210 g/mol. The Morgan fingerprint density at radius 1 is 1.33 bits per heavy atom. The number of halogens is 1. The number of hydrogen-bond acceptors (Lipinski definition) is 2. The SMILES string of the molecule is CC(C)NCC(C)NCc1cc(Cl)c[nH]1. The topological polar surface area (TPSA) is 39.8 Å². The lowest BCUT2D eigenvalue weighted by atomic mass is 10.3. The average molecular weight is 230 g/mol. The standard InChI is InChI=1S/C11H20ClN3/c1-8(2)13-5-9(3)14-7-11-4-10(12)6-15-11/h4,6,8-9,13-15H,5,7H2,1-3H3. The van der Waals surface area contributed by atoms with E-state index in [0.29, 0.717) is 12.1 Å². The van der Waals surface area contributed by atoms with Crippen LogP contribution in [0, 0.1) is 0 Å². The van der Waals surface area contributed by atoms with E-state index in [1.165, 1.54) is 0 Å². The van der Waals surface area contributed by atoms with Crippen LogP contribution in [0.15, 0.2) is 12.3 Å². The van der Waals surface area contributed by atoms with E-state index in [4.69, 9.17) is 11.6 Å². The molecule has 0 saturated carbocycles. The molecule has 0 radical (unpaired) electrons. The summed E-state index contributed by atoms with van der Waals surface area (Å²) in [6.07, 6.45) is 1.80. The first-order chi connectivity index (χ1) is 7.08. The molecule has 0 aliphatic heterocycles. The lowest BCUT2D eigenvalue weighted by Gasteiger charge is -2.16. The van der Waals surface area contributed by atoms with Gasteiger partial charge in [-0.2, -0.15) is 0 Å². The Bertz CT molecular complexity index is 283. The molecule has 3 nitrogen and oxygen atoms in total. The monoisotopic (exact) mass is 229 g/mol. The van der Waals surface area contributed by atoms with Crippen LogP contribution in [-0.2, 0) is 6.54 Å². The Hall–Kier alpha value is -0.510. The molecule has 0 aromatic carbocycles. The van der Waals surface area contributed by atoms with Gasteiger partial charge in [0.15, 0.2) is 0 Å². The number of H-pyrrole nitrogens is 1. The number of aromatic amines is 1. The van der Waals surface area contributed by atoms with Gasteiger partial charge in [-0.05, 0) is 13.0 Å². The van der Waals surface area contributed by atoms with Crippen molar-refractivity contribution in [3.05, 3.63) is 23.0 Å². The van der Waals surface area contributed by atoms with Crippen molar-refractivity contribution in [2.75, 3.05) is 6.54 Å². The molecular formula is C11H20ClN3. The van der Waals surface area contributed by atoms with Gasteiger partial charge in [-0.3, -0.25) is 0 Å². The lowest BCUT2D eigenvalue weighted by Crippen LogP contribution is -2.38. The maximum absolute atomic E-state index is 5.81. The average Bonchev–Trinajstić information content (AvgIpc) is 2.58. The van der Waals surface area contributed by atoms with Gasteiger partial charge in [-0.15, -0.1) is 0 Å². The predicted molar refractivity (Wildman–Crippen MR) is 65.2 cm³/mol. The first-order valence-electron chi connectivity index (χ1n) is 5.37. The molecule has 0 spiro atoms. The molecule has 0 amide bonds. The molecule has 1 atom stereocenters. The fourth-order valence-electron chi connectivity index (χ4n) is 1.28. The van der Waals surface area contributed by atoms with E-state index >= 15 is 0 Å². The van der Waals surface area contributed by atoms with Crippen LogP contribution in [0.25, 0.3) is 0 Å². The Kier molecular flexibility index (Phi) is 5.15. The van der Waals surface area contributed by atoms with Crippen molar-refractivity contribution in [1.29, 1.82) is 0 Å². The summed E-state index contributed by atoms with van der Waals surface area (Å²) in [5.74, 6) is 0. The lowest BCUT2D eigenvalue weighted by molar-refractivity contribution is 0.472. The van der Waals surface area contributed by atoms with E-state index in [2.05, 4.69) is 36.4 Å². The minimum absolute atomic E-state index is 0.453. The summed E-state index contributed by atoms with van der Waals surface area (Å²) in [5, 5.41) is 7.57. The highest BCUT2D eigenvalue weighted by Crippen LogP contribution is 2.08. The highest BCUT2D eigenvalue weighted by molar-refractivity contribution is 6.30. The summed E-state index contributed by atoms with van der Waals surface area (Å²) in [6, 6.07) is 2.93. The smallest absolute Gasteiger partial charge is 0.0583 e. The van der Waals surface area contributed by atoms with Crippen LogP contribution in [0.5, 0.6) is 0 Å². The normalized spacial score (nSPS) is 13.4. The van der Waals surface area contributed by atoms with Crippen LogP contribution in [0.4, 0.5) is 0 Å². The fourth-order valence-corrected chi connectivity index (χ4v) is 1.47. The first-order valence-corrected chi connectivity index (χ1v) is 5.75. The van der Waals surface area contributed by atoms with Crippen molar-refractivity contribution in [1.82, 2.24) is 15.6 Å². The molecule has 4 heteroatoms. The summed E-state index contributed by atoms with van der Waals surface area (Å²) in [5.41, 5.74) is 1.12. The second-order valence-electron chi connectivity index (χ2n) is 4.19. The van der Waals surface area contributed by atoms with Crippen molar-refractivity contribution in [2.45, 2.75) is 39.4 Å². The zero-order valence-corrected chi connectivity index (χ0v) is 10.4. The molecule has 15 heavy (non-hydrogen) atoms. The van der Waals surface area contributed by atoms with Gasteiger partial charge < -0.3 is 15.6 Å². The molecule has 1 unspecified atom stereocenters. The molecule has 1 heterocycles. The molecule has 1 rings (SSSR count). The van der Waals surface area contributed by atoms with E-state index in [0.717, 1.165) is 23.8 Å². The van der Waals surface area contributed by atoms with Crippen molar-refractivity contribution >= 4 is 11.6 Å². The van der Waals surface area contributed by atoms with Crippen LogP contribution >= 0.6 is 11.6 Å². The van der Waals surface area contributed by atoms with Gasteiger partial charge >= 0.3 is 0 Å². The Morgan fingerprint density at radius 3 is 2.60 bits per heavy atom. The van der Waals surface area contributed by atoms with Gasteiger partial charge in [0.2, 0.25) is 0 Å². The molecule has 0 fully saturated rings. The number of nitrogens with one attached hydrogen (secondary N) is 3. The van der Waals surface area contributed by atoms with Crippen LogP contribution in [0.2, 0.25) is 5.02 Å². The number of hydrogen-bond donors (Lipinski definition) is 3. The molecule has 0 bridgehead atoms. The quantitative estimate of drug-likeness (QED) is 0.700. The van der Waals surface area contributed by atoms with E-state index in [1.54, 1.807) is 6.20 Å². The summed E-state index contributed by atoms with van der Waals surface area (Å²) < 4.78 is 0. The zero-order chi connectivity index (χ0) is 11.3. The third-order valence-electron chi connectivity index (χ3n) is 2.18. The molecule has 0 saturated heterocycles. The zero-order valence-electron chi connectivity index (χ0n) is 9.60. The summed E-state index contributed by atoms with van der Waals surface area (Å²) in [4.78, 5) is 3.11. The fraction of sp³-hybridized carbons (Fsp3) is 0.636. The first kappa shape index (κ1) is 12.6. The predicted octanol–water partition coefficient (Wildman–Crippen LogP) is 2.14. The summed E-state index contributed by atoms with van der Waals surface area (Å²) in [7, 11) is 0. The van der Waals surface area contributed by atoms with E-state index in [1.807, 2.05) is 6.07 Å². The number of rotatable bonds is 6. The van der Waals surface area contributed by atoms with Crippen LogP contribution < -0.4 is 10.6 Å². The minimum Gasteiger partial charge on any atom is -0.363 e. The van der Waals surface area contributed by atoms with Gasteiger partial charge in [0.05, 0.1) is 5.02 Å². The highest BCUT2D eigenvalue weighted by atomic mass is 35.5. The van der Waals surface area contributed by atoms with E-state index in [-0.39, 0.29) is 0 Å². The molecule has 0 aliphatic rings. The molecule has 3 N–H and O–H groups in total. The van der Waals surface area contributed by atoms with Crippen molar-refractivity contribution in [3.8, 4) is 0 Å². The molecule has 1 aromatic heterocycles. The summed E-state index contributed by atoms with van der Waals surface area (Å²) >= 11 is 5.81. The van der Waals surface area contributed by atoms with E-state index < -0.39 is 0 Å². The van der Waals surface area contributed by atoms with Gasteiger partial charge in [-0.1, -0.05) is 25.4 Å². The minimum atomic E-state index is 0.453. The molecule has 0 aliphatic carbocycles. The molecule has 86 valence electrons. The van der Waals surface area contributed by atoms with Crippen LogP contribution in [0.1, 0.15) is 26.5 Å². The van der Waals surface area contributed by atoms with Gasteiger partial charge in [0, 0.05) is 37.1 Å². The Morgan fingerprint density at radius 2 is 2.07 bits per heavy atom. The second kappa shape index (κ2) is 6.16. The van der Waals surface area contributed by atoms with Crippen molar-refractivity contribution in [2.24, 2.45) is 0 Å². The Labute approximate surface area is 96.6 Å². The maximum Gasteiger partial charge on any atom is 0.0583 e. The van der Waals surface area contributed by atoms with E-state index in [9.17, 15) is 0 Å². The third-order valence-corrected chi connectivity index (χ3v) is 2.40. The summed E-state index contributed by atoms with van der Waals surface area (Å²) in [6.45, 7) is 8.27. The van der Waals surface area contributed by atoms with Crippen molar-refractivity contribution < 1.29 is 0 Å².